The van der Waals surface area contributed by atoms with E-state index in [0.29, 0.717) is 6.61 Å². The lowest BCUT2D eigenvalue weighted by Gasteiger charge is -2.26. The molecule has 0 aromatic heterocycles. The van der Waals surface area contributed by atoms with Crippen LogP contribution in [0.3, 0.4) is 0 Å². The zero-order valence-electron chi connectivity index (χ0n) is 11.9. The second kappa shape index (κ2) is 8.33. The Balaban J connectivity index is 2.71. The molecule has 0 saturated heterocycles. The van der Waals surface area contributed by atoms with E-state index in [-0.39, 0.29) is 12.0 Å². The minimum atomic E-state index is -0.163. The first-order valence-electron chi connectivity index (χ1n) is 6.69. The fourth-order valence-electron chi connectivity index (χ4n) is 2.06. The second-order valence-electron chi connectivity index (χ2n) is 4.60. The van der Waals surface area contributed by atoms with Gasteiger partial charge < -0.3 is 4.74 Å². The lowest BCUT2D eigenvalue weighted by molar-refractivity contribution is -0.149. The number of hydrogen-bond donors (Lipinski definition) is 0. The molecule has 1 rings (SSSR count). The monoisotopic (exact) mass is 327 g/mol. The highest BCUT2D eigenvalue weighted by molar-refractivity contribution is 9.10. The Morgan fingerprint density at radius 3 is 2.74 bits per heavy atom. The Bertz CT molecular complexity index is 409. The summed E-state index contributed by atoms with van der Waals surface area (Å²) in [5.41, 5.74) is 1.18. The number of nitrogens with zero attached hydrogens (tertiary/aromatic N) is 1. The van der Waals surface area contributed by atoms with Gasteiger partial charge in [-0.25, -0.2) is 0 Å². The van der Waals surface area contributed by atoms with Crippen molar-refractivity contribution in [3.8, 4) is 0 Å². The van der Waals surface area contributed by atoms with Gasteiger partial charge in [-0.15, -0.1) is 0 Å². The molecule has 0 saturated carbocycles. The highest BCUT2D eigenvalue weighted by Gasteiger charge is 2.23. The summed E-state index contributed by atoms with van der Waals surface area (Å²) in [6, 6.07) is 7.98. The quantitative estimate of drug-likeness (QED) is 0.716. The van der Waals surface area contributed by atoms with Crippen LogP contribution in [0.4, 0.5) is 0 Å². The normalized spacial score (nSPS) is 12.5. The van der Waals surface area contributed by atoms with Crippen LogP contribution >= 0.6 is 15.9 Å². The molecule has 3 nitrogen and oxygen atoms in total. The Morgan fingerprint density at radius 2 is 2.16 bits per heavy atom. The summed E-state index contributed by atoms with van der Waals surface area (Å²) >= 11 is 3.46. The SMILES string of the molecule is CCCC(C(=O)OCC)N(C)Cc1cccc(Br)c1. The van der Waals surface area contributed by atoms with Crippen LogP contribution in [0.15, 0.2) is 28.7 Å². The van der Waals surface area contributed by atoms with Gasteiger partial charge >= 0.3 is 5.97 Å². The molecule has 4 heteroatoms. The molecule has 106 valence electrons. The molecule has 0 N–H and O–H groups in total. The Labute approximate surface area is 124 Å². The van der Waals surface area contributed by atoms with Crippen molar-refractivity contribution < 1.29 is 9.53 Å². The average molecular weight is 328 g/mol. The van der Waals surface area contributed by atoms with Gasteiger partial charge in [0.15, 0.2) is 0 Å². The first-order chi connectivity index (χ1) is 9.08. The van der Waals surface area contributed by atoms with Gasteiger partial charge in [0.05, 0.1) is 6.61 Å². The molecule has 0 heterocycles. The molecule has 0 radical (unpaired) electrons. The van der Waals surface area contributed by atoms with Crippen molar-refractivity contribution >= 4 is 21.9 Å². The third-order valence-corrected chi connectivity index (χ3v) is 3.47. The molecule has 0 aliphatic carbocycles. The van der Waals surface area contributed by atoms with Crippen molar-refractivity contribution in [2.45, 2.75) is 39.3 Å². The maximum Gasteiger partial charge on any atom is 0.323 e. The Hall–Kier alpha value is -0.870. The smallest absolute Gasteiger partial charge is 0.323 e. The maximum atomic E-state index is 12.0. The molecule has 0 aliphatic rings. The maximum absolute atomic E-state index is 12.0. The van der Waals surface area contributed by atoms with Gasteiger partial charge in [-0.05, 0) is 38.1 Å². The summed E-state index contributed by atoms with van der Waals surface area (Å²) in [5.74, 6) is -0.123. The summed E-state index contributed by atoms with van der Waals surface area (Å²) in [4.78, 5) is 14.0. The zero-order valence-corrected chi connectivity index (χ0v) is 13.4. The third-order valence-electron chi connectivity index (χ3n) is 2.97. The summed E-state index contributed by atoms with van der Waals surface area (Å²) in [7, 11) is 1.97. The molecule has 1 atom stereocenters. The number of benzene rings is 1. The number of carbonyl (C=O) groups is 1. The van der Waals surface area contributed by atoms with Crippen molar-refractivity contribution in [1.29, 1.82) is 0 Å². The van der Waals surface area contributed by atoms with E-state index < -0.39 is 0 Å². The van der Waals surface area contributed by atoms with Crippen LogP contribution in [-0.4, -0.2) is 30.6 Å². The summed E-state index contributed by atoms with van der Waals surface area (Å²) in [6.07, 6.45) is 1.79. The molecule has 1 aromatic carbocycles. The van der Waals surface area contributed by atoms with Gasteiger partial charge in [0.1, 0.15) is 6.04 Å². The van der Waals surface area contributed by atoms with Crippen molar-refractivity contribution in [3.63, 3.8) is 0 Å². The van der Waals surface area contributed by atoms with E-state index in [1.807, 2.05) is 26.1 Å². The minimum absolute atomic E-state index is 0.123. The summed E-state index contributed by atoms with van der Waals surface area (Å²) < 4.78 is 6.21. The molecular formula is C15H22BrNO2. The Morgan fingerprint density at radius 1 is 1.42 bits per heavy atom. The van der Waals surface area contributed by atoms with Gasteiger partial charge in [-0.1, -0.05) is 41.4 Å². The lowest BCUT2D eigenvalue weighted by Crippen LogP contribution is -2.39. The first kappa shape index (κ1) is 16.2. The number of carbonyl (C=O) groups excluding carboxylic acids is 1. The lowest BCUT2D eigenvalue weighted by atomic mass is 10.1. The fourth-order valence-corrected chi connectivity index (χ4v) is 2.51. The molecule has 19 heavy (non-hydrogen) atoms. The first-order valence-corrected chi connectivity index (χ1v) is 7.49. The van der Waals surface area contributed by atoms with E-state index in [2.05, 4.69) is 39.9 Å². The molecule has 0 fully saturated rings. The molecule has 0 aliphatic heterocycles. The number of rotatable bonds is 7. The van der Waals surface area contributed by atoms with Crippen LogP contribution in [0.2, 0.25) is 0 Å². The van der Waals surface area contributed by atoms with Crippen LogP contribution in [0.1, 0.15) is 32.3 Å². The van der Waals surface area contributed by atoms with E-state index in [4.69, 9.17) is 4.74 Å². The number of hydrogen-bond acceptors (Lipinski definition) is 3. The van der Waals surface area contributed by atoms with Crippen molar-refractivity contribution in [1.82, 2.24) is 4.90 Å². The van der Waals surface area contributed by atoms with Crippen LogP contribution in [0.25, 0.3) is 0 Å². The summed E-state index contributed by atoms with van der Waals surface area (Å²) in [5, 5.41) is 0. The van der Waals surface area contributed by atoms with Gasteiger partial charge in [0, 0.05) is 11.0 Å². The number of ether oxygens (including phenoxy) is 1. The number of esters is 1. The van der Waals surface area contributed by atoms with E-state index in [1.165, 1.54) is 5.56 Å². The van der Waals surface area contributed by atoms with Gasteiger partial charge in [0.25, 0.3) is 0 Å². The highest BCUT2D eigenvalue weighted by atomic mass is 79.9. The predicted molar refractivity (Wildman–Crippen MR) is 80.9 cm³/mol. The molecular weight excluding hydrogens is 306 g/mol. The predicted octanol–water partition coefficient (Wildman–Crippen LogP) is 3.61. The van der Waals surface area contributed by atoms with Gasteiger partial charge in [-0.3, -0.25) is 9.69 Å². The topological polar surface area (TPSA) is 29.5 Å². The fraction of sp³-hybridized carbons (Fsp3) is 0.533. The largest absolute Gasteiger partial charge is 0.465 e. The van der Waals surface area contributed by atoms with Crippen LogP contribution in [-0.2, 0) is 16.1 Å². The van der Waals surface area contributed by atoms with E-state index in [9.17, 15) is 4.79 Å². The molecule has 0 spiro atoms. The van der Waals surface area contributed by atoms with E-state index in [0.717, 1.165) is 23.9 Å². The summed E-state index contributed by atoms with van der Waals surface area (Å²) in [6.45, 7) is 5.10. The molecule has 1 aromatic rings. The molecule has 1 unspecified atom stereocenters. The number of likely N-dealkylation sites (N-methyl/N-ethyl adjacent to an activating group) is 1. The third kappa shape index (κ3) is 5.33. The van der Waals surface area contributed by atoms with Crippen LogP contribution < -0.4 is 0 Å². The highest BCUT2D eigenvalue weighted by Crippen LogP contribution is 2.16. The van der Waals surface area contributed by atoms with Crippen molar-refractivity contribution in [2.24, 2.45) is 0 Å². The van der Waals surface area contributed by atoms with Crippen LogP contribution in [0.5, 0.6) is 0 Å². The zero-order chi connectivity index (χ0) is 14.3. The van der Waals surface area contributed by atoms with Crippen molar-refractivity contribution in [3.05, 3.63) is 34.3 Å². The van der Waals surface area contributed by atoms with Gasteiger partial charge in [0.2, 0.25) is 0 Å². The minimum Gasteiger partial charge on any atom is -0.465 e. The average Bonchev–Trinajstić information content (AvgIpc) is 2.36. The van der Waals surface area contributed by atoms with Crippen molar-refractivity contribution in [2.75, 3.05) is 13.7 Å². The number of halogens is 1. The molecule has 0 amide bonds. The molecule has 0 bridgehead atoms. The van der Waals surface area contributed by atoms with E-state index >= 15 is 0 Å². The Kier molecular flexibility index (Phi) is 7.10. The standard InChI is InChI=1S/C15H22BrNO2/c1-4-7-14(15(18)19-5-2)17(3)11-12-8-6-9-13(16)10-12/h6,8-10,14H,4-5,7,11H2,1-3H3. The second-order valence-corrected chi connectivity index (χ2v) is 5.52. The van der Waals surface area contributed by atoms with Crippen LogP contribution in [0, 0.1) is 0 Å². The van der Waals surface area contributed by atoms with Gasteiger partial charge in [-0.2, -0.15) is 0 Å². The van der Waals surface area contributed by atoms with E-state index in [1.54, 1.807) is 0 Å².